The van der Waals surface area contributed by atoms with Crippen LogP contribution >= 0.6 is 0 Å². The molecule has 7 nitrogen and oxygen atoms in total. The normalized spacial score (nSPS) is 22.8. The van der Waals surface area contributed by atoms with Crippen molar-refractivity contribution in [3.05, 3.63) is 24.0 Å². The molecule has 1 aromatic rings. The number of carbonyl (C=O) groups excluding carboxylic acids is 3. The van der Waals surface area contributed by atoms with E-state index in [1.165, 1.54) is 4.90 Å². The Morgan fingerprint density at radius 1 is 1.27 bits per heavy atom. The van der Waals surface area contributed by atoms with Crippen LogP contribution in [0.3, 0.4) is 0 Å². The number of fused-ring (bicyclic) bond motifs is 1. The van der Waals surface area contributed by atoms with Gasteiger partial charge in [0.2, 0.25) is 0 Å². The van der Waals surface area contributed by atoms with E-state index < -0.39 is 6.04 Å². The predicted molar refractivity (Wildman–Crippen MR) is 97.5 cm³/mol. The van der Waals surface area contributed by atoms with Crippen LogP contribution in [-0.2, 0) is 11.8 Å². The van der Waals surface area contributed by atoms with E-state index in [4.69, 9.17) is 0 Å². The number of rotatable bonds is 3. The summed E-state index contributed by atoms with van der Waals surface area (Å²) in [4.78, 5) is 43.5. The molecule has 0 aromatic carbocycles. The standard InChI is InChI=1S/C19H28N4O3/c1-13(2)9-22-17(25)15-10-21(16(24)14-7-6-8-20(14)5)11-19(3,4)12-23(15)18(22)26/h6-8,13,15H,9-12H2,1-5H3. The molecule has 2 fully saturated rings. The topological polar surface area (TPSA) is 65.9 Å². The van der Waals surface area contributed by atoms with Crippen LogP contribution in [0.15, 0.2) is 18.3 Å². The summed E-state index contributed by atoms with van der Waals surface area (Å²) in [5, 5.41) is 0. The first kappa shape index (κ1) is 18.5. The summed E-state index contributed by atoms with van der Waals surface area (Å²) < 4.78 is 1.78. The quantitative estimate of drug-likeness (QED) is 0.772. The van der Waals surface area contributed by atoms with E-state index >= 15 is 0 Å². The summed E-state index contributed by atoms with van der Waals surface area (Å²) in [5.74, 6) is -0.0818. The molecule has 0 N–H and O–H groups in total. The molecule has 2 saturated heterocycles. The van der Waals surface area contributed by atoms with Crippen LogP contribution in [0, 0.1) is 11.3 Å². The van der Waals surface area contributed by atoms with Crippen LogP contribution in [0.25, 0.3) is 0 Å². The average molecular weight is 360 g/mol. The first-order valence-electron chi connectivity index (χ1n) is 9.13. The number of amides is 4. The molecule has 4 amide bonds. The predicted octanol–water partition coefficient (Wildman–Crippen LogP) is 1.80. The number of urea groups is 1. The second kappa shape index (κ2) is 6.45. The molecule has 2 aliphatic heterocycles. The van der Waals surface area contributed by atoms with Crippen molar-refractivity contribution in [1.29, 1.82) is 0 Å². The number of hydrogen-bond acceptors (Lipinski definition) is 3. The SMILES string of the molecule is CC(C)CN1C(=O)C2CN(C(=O)c3cccn3C)CC(C)(C)CN2C1=O. The molecule has 0 aliphatic carbocycles. The van der Waals surface area contributed by atoms with E-state index in [1.54, 1.807) is 20.4 Å². The van der Waals surface area contributed by atoms with Crippen molar-refractivity contribution in [2.24, 2.45) is 18.4 Å². The molecule has 3 heterocycles. The van der Waals surface area contributed by atoms with Gasteiger partial charge in [0.05, 0.1) is 6.54 Å². The highest BCUT2D eigenvalue weighted by molar-refractivity contribution is 6.05. The highest BCUT2D eigenvalue weighted by Crippen LogP contribution is 2.31. The number of nitrogens with zero attached hydrogens (tertiary/aromatic N) is 4. The summed E-state index contributed by atoms with van der Waals surface area (Å²) in [6.45, 7) is 9.66. The summed E-state index contributed by atoms with van der Waals surface area (Å²) in [7, 11) is 1.83. The maximum absolute atomic E-state index is 13.0. The van der Waals surface area contributed by atoms with Crippen LogP contribution in [0.2, 0.25) is 0 Å². The Balaban J connectivity index is 1.90. The molecular weight excluding hydrogens is 332 g/mol. The molecule has 0 saturated carbocycles. The highest BCUT2D eigenvalue weighted by atomic mass is 16.2. The fourth-order valence-corrected chi connectivity index (χ4v) is 3.88. The Kier molecular flexibility index (Phi) is 4.58. The van der Waals surface area contributed by atoms with Gasteiger partial charge in [-0.3, -0.25) is 14.5 Å². The Morgan fingerprint density at radius 3 is 2.54 bits per heavy atom. The number of aryl methyl sites for hydroxylation is 1. The van der Waals surface area contributed by atoms with Crippen LogP contribution in [0.5, 0.6) is 0 Å². The van der Waals surface area contributed by atoms with Gasteiger partial charge in [0.1, 0.15) is 11.7 Å². The van der Waals surface area contributed by atoms with E-state index in [-0.39, 0.29) is 35.7 Å². The van der Waals surface area contributed by atoms with Crippen molar-refractivity contribution in [3.8, 4) is 0 Å². The Bertz CT molecular complexity index is 737. The first-order chi connectivity index (χ1) is 12.1. The van der Waals surface area contributed by atoms with Gasteiger partial charge >= 0.3 is 6.03 Å². The van der Waals surface area contributed by atoms with Gasteiger partial charge < -0.3 is 14.4 Å². The molecular formula is C19H28N4O3. The molecule has 7 heteroatoms. The van der Waals surface area contributed by atoms with Crippen molar-refractivity contribution in [2.75, 3.05) is 26.2 Å². The van der Waals surface area contributed by atoms with Gasteiger partial charge in [0, 0.05) is 38.3 Å². The van der Waals surface area contributed by atoms with Gasteiger partial charge in [0.25, 0.3) is 11.8 Å². The second-order valence-electron chi connectivity index (χ2n) is 8.62. The molecule has 142 valence electrons. The van der Waals surface area contributed by atoms with Crippen LogP contribution in [0.1, 0.15) is 38.2 Å². The lowest BCUT2D eigenvalue weighted by molar-refractivity contribution is -0.128. The first-order valence-corrected chi connectivity index (χ1v) is 9.13. The molecule has 0 bridgehead atoms. The third-order valence-corrected chi connectivity index (χ3v) is 5.01. The fourth-order valence-electron chi connectivity index (χ4n) is 3.88. The zero-order chi connectivity index (χ0) is 19.2. The molecule has 1 atom stereocenters. The lowest BCUT2D eigenvalue weighted by atomic mass is 9.92. The third-order valence-electron chi connectivity index (χ3n) is 5.01. The highest BCUT2D eigenvalue weighted by Gasteiger charge is 2.50. The van der Waals surface area contributed by atoms with Crippen molar-refractivity contribution >= 4 is 17.8 Å². The van der Waals surface area contributed by atoms with E-state index in [9.17, 15) is 14.4 Å². The molecule has 0 radical (unpaired) electrons. The lowest BCUT2D eigenvalue weighted by Crippen LogP contribution is -2.44. The summed E-state index contributed by atoms with van der Waals surface area (Å²) >= 11 is 0. The molecule has 0 spiro atoms. The Hall–Kier alpha value is -2.31. The zero-order valence-corrected chi connectivity index (χ0v) is 16.2. The maximum Gasteiger partial charge on any atom is 0.327 e. The maximum atomic E-state index is 13.0. The summed E-state index contributed by atoms with van der Waals surface area (Å²) in [6, 6.07) is 2.80. The molecule has 1 aromatic heterocycles. The number of hydrogen-bond donors (Lipinski definition) is 0. The minimum absolute atomic E-state index is 0.102. The van der Waals surface area contributed by atoms with Crippen molar-refractivity contribution in [1.82, 2.24) is 19.3 Å². The molecule has 2 aliphatic rings. The van der Waals surface area contributed by atoms with Gasteiger partial charge in [-0.05, 0) is 18.1 Å². The van der Waals surface area contributed by atoms with Crippen LogP contribution < -0.4 is 0 Å². The van der Waals surface area contributed by atoms with E-state index in [1.807, 2.05) is 47.0 Å². The van der Waals surface area contributed by atoms with Gasteiger partial charge in [-0.15, -0.1) is 0 Å². The largest absolute Gasteiger partial charge is 0.347 e. The monoisotopic (exact) mass is 360 g/mol. The Morgan fingerprint density at radius 2 is 1.96 bits per heavy atom. The van der Waals surface area contributed by atoms with Crippen LogP contribution in [0.4, 0.5) is 4.79 Å². The minimum atomic E-state index is -0.591. The summed E-state index contributed by atoms with van der Waals surface area (Å²) in [6.07, 6.45) is 1.83. The Labute approximate surface area is 154 Å². The van der Waals surface area contributed by atoms with Crippen LogP contribution in [-0.4, -0.2) is 69.3 Å². The van der Waals surface area contributed by atoms with E-state index in [0.29, 0.717) is 25.3 Å². The zero-order valence-electron chi connectivity index (χ0n) is 16.2. The van der Waals surface area contributed by atoms with Gasteiger partial charge in [-0.25, -0.2) is 4.79 Å². The minimum Gasteiger partial charge on any atom is -0.347 e. The molecule has 1 unspecified atom stereocenters. The fraction of sp³-hybridized carbons (Fsp3) is 0.632. The van der Waals surface area contributed by atoms with Gasteiger partial charge in [-0.1, -0.05) is 27.7 Å². The number of aromatic nitrogens is 1. The van der Waals surface area contributed by atoms with E-state index in [2.05, 4.69) is 0 Å². The van der Waals surface area contributed by atoms with Crippen molar-refractivity contribution in [3.63, 3.8) is 0 Å². The average Bonchev–Trinajstić information content (AvgIpc) is 2.99. The second-order valence-corrected chi connectivity index (χ2v) is 8.62. The van der Waals surface area contributed by atoms with Gasteiger partial charge in [0.15, 0.2) is 0 Å². The molecule has 3 rings (SSSR count). The number of imide groups is 1. The van der Waals surface area contributed by atoms with E-state index in [0.717, 1.165) is 0 Å². The van der Waals surface area contributed by atoms with Gasteiger partial charge in [-0.2, -0.15) is 0 Å². The summed E-state index contributed by atoms with van der Waals surface area (Å²) in [5.41, 5.74) is 0.296. The lowest BCUT2D eigenvalue weighted by Gasteiger charge is -2.31. The third kappa shape index (κ3) is 3.22. The van der Waals surface area contributed by atoms with Crippen molar-refractivity contribution < 1.29 is 14.4 Å². The molecule has 26 heavy (non-hydrogen) atoms. The smallest absolute Gasteiger partial charge is 0.327 e. The van der Waals surface area contributed by atoms with Crippen molar-refractivity contribution in [2.45, 2.75) is 33.7 Å². The number of carbonyl (C=O) groups is 3.